The summed E-state index contributed by atoms with van der Waals surface area (Å²) in [5.74, 6) is -2.64. The van der Waals surface area contributed by atoms with E-state index < -0.39 is 18.0 Å². The third-order valence-corrected chi connectivity index (χ3v) is 3.07. The minimum absolute atomic E-state index is 0.0836. The normalized spacial score (nSPS) is 12.8. The van der Waals surface area contributed by atoms with Crippen LogP contribution >= 0.6 is 0 Å². The molecule has 7 nitrogen and oxygen atoms in total. The first kappa shape index (κ1) is 21.2. The highest BCUT2D eigenvalue weighted by molar-refractivity contribution is 6.00. The van der Waals surface area contributed by atoms with Gasteiger partial charge in [-0.05, 0) is 0 Å². The number of esters is 1. The maximum Gasteiger partial charge on any atom is 0.306 e. The number of likely N-dealkylation sites (N-methyl/N-ethyl adjacent to an activating group) is 1. The number of carbonyl (C=O) groups is 4. The summed E-state index contributed by atoms with van der Waals surface area (Å²) in [4.78, 5) is 45.6. The smallest absolute Gasteiger partial charge is 0.306 e. The van der Waals surface area contributed by atoms with Crippen molar-refractivity contribution in [3.05, 3.63) is 0 Å². The van der Waals surface area contributed by atoms with Gasteiger partial charge < -0.3 is 19.1 Å². The van der Waals surface area contributed by atoms with Crippen molar-refractivity contribution in [3.8, 4) is 0 Å². The predicted octanol–water partition coefficient (Wildman–Crippen LogP) is -0.291. The molecular formula is C16H27NO6. The quantitative estimate of drug-likeness (QED) is 0.293. The SMILES string of the molecule is CC(C)C(=O)CC(=O)CCC(=O)O[C@@H](CC(=O)[O-])C[N+](C)(C)C. The number of ether oxygens (including phenoxy) is 1. The van der Waals surface area contributed by atoms with Crippen LogP contribution in [0.2, 0.25) is 0 Å². The average molecular weight is 329 g/mol. The second-order valence-corrected chi connectivity index (χ2v) is 7.00. The predicted molar refractivity (Wildman–Crippen MR) is 81.1 cm³/mol. The van der Waals surface area contributed by atoms with Crippen molar-refractivity contribution in [2.45, 2.75) is 45.6 Å². The first-order valence-electron chi connectivity index (χ1n) is 7.65. The Bertz CT molecular complexity index is 450. The van der Waals surface area contributed by atoms with E-state index in [-0.39, 0.29) is 43.2 Å². The van der Waals surface area contributed by atoms with Gasteiger partial charge in [-0.2, -0.15) is 0 Å². The van der Waals surface area contributed by atoms with E-state index in [0.29, 0.717) is 11.0 Å². The molecule has 1 atom stereocenters. The number of rotatable bonds is 11. The lowest BCUT2D eigenvalue weighted by atomic mass is 10.0. The summed E-state index contributed by atoms with van der Waals surface area (Å²) in [6, 6.07) is 0. The Morgan fingerprint density at radius 1 is 1.04 bits per heavy atom. The summed E-state index contributed by atoms with van der Waals surface area (Å²) < 4.78 is 5.55. The highest BCUT2D eigenvalue weighted by Crippen LogP contribution is 2.08. The lowest BCUT2D eigenvalue weighted by molar-refractivity contribution is -0.873. The zero-order valence-corrected chi connectivity index (χ0v) is 14.6. The second kappa shape index (κ2) is 9.39. The Hall–Kier alpha value is -1.76. The molecule has 0 aromatic rings. The number of aliphatic carboxylic acids is 1. The summed E-state index contributed by atoms with van der Waals surface area (Å²) >= 11 is 0. The summed E-state index contributed by atoms with van der Waals surface area (Å²) in [6.45, 7) is 3.73. The molecule has 0 saturated heterocycles. The van der Waals surface area contributed by atoms with E-state index in [0.717, 1.165) is 0 Å². The number of nitrogens with zero attached hydrogens (tertiary/aromatic N) is 1. The van der Waals surface area contributed by atoms with E-state index in [1.54, 1.807) is 13.8 Å². The van der Waals surface area contributed by atoms with Crippen LogP contribution in [-0.2, 0) is 23.9 Å². The van der Waals surface area contributed by atoms with Crippen molar-refractivity contribution in [1.29, 1.82) is 0 Å². The van der Waals surface area contributed by atoms with Crippen molar-refractivity contribution in [2.75, 3.05) is 27.7 Å². The van der Waals surface area contributed by atoms with Crippen LogP contribution < -0.4 is 5.11 Å². The summed E-state index contributed by atoms with van der Waals surface area (Å²) in [7, 11) is 5.53. The van der Waals surface area contributed by atoms with Gasteiger partial charge in [-0.1, -0.05) is 13.8 Å². The third-order valence-electron chi connectivity index (χ3n) is 3.07. The highest BCUT2D eigenvalue weighted by Gasteiger charge is 2.23. The van der Waals surface area contributed by atoms with Gasteiger partial charge in [0.2, 0.25) is 0 Å². The zero-order chi connectivity index (χ0) is 18.2. The Balaban J connectivity index is 4.39. The summed E-state index contributed by atoms with van der Waals surface area (Å²) in [6.07, 6.45) is -1.63. The number of hydrogen-bond acceptors (Lipinski definition) is 6. The minimum Gasteiger partial charge on any atom is -0.550 e. The molecule has 0 fully saturated rings. The van der Waals surface area contributed by atoms with Crippen LogP contribution in [0.3, 0.4) is 0 Å². The molecule has 0 radical (unpaired) electrons. The van der Waals surface area contributed by atoms with Crippen molar-refractivity contribution in [1.82, 2.24) is 0 Å². The van der Waals surface area contributed by atoms with Crippen LogP contribution in [-0.4, -0.2) is 61.8 Å². The van der Waals surface area contributed by atoms with E-state index in [9.17, 15) is 24.3 Å². The molecular weight excluding hydrogens is 302 g/mol. The van der Waals surface area contributed by atoms with E-state index in [1.165, 1.54) is 0 Å². The van der Waals surface area contributed by atoms with Crippen LogP contribution in [0, 0.1) is 5.92 Å². The van der Waals surface area contributed by atoms with Crippen molar-refractivity contribution < 1.29 is 33.5 Å². The van der Waals surface area contributed by atoms with E-state index >= 15 is 0 Å². The molecule has 0 heterocycles. The van der Waals surface area contributed by atoms with E-state index in [2.05, 4.69) is 0 Å². The molecule has 7 heteroatoms. The second-order valence-electron chi connectivity index (χ2n) is 7.00. The summed E-state index contributed by atoms with van der Waals surface area (Å²) in [5, 5.41) is 10.7. The van der Waals surface area contributed by atoms with Crippen LogP contribution in [0.4, 0.5) is 0 Å². The molecule has 0 unspecified atom stereocenters. The molecule has 0 spiro atoms. The van der Waals surface area contributed by atoms with Gasteiger partial charge in [0.25, 0.3) is 0 Å². The molecule has 0 N–H and O–H groups in total. The maximum absolute atomic E-state index is 11.8. The Morgan fingerprint density at radius 3 is 2.04 bits per heavy atom. The van der Waals surface area contributed by atoms with E-state index in [4.69, 9.17) is 4.74 Å². The maximum atomic E-state index is 11.8. The minimum atomic E-state index is -1.30. The van der Waals surface area contributed by atoms with Crippen molar-refractivity contribution >= 4 is 23.5 Å². The van der Waals surface area contributed by atoms with Gasteiger partial charge in [-0.25, -0.2) is 0 Å². The van der Waals surface area contributed by atoms with Crippen LogP contribution in [0.1, 0.15) is 39.5 Å². The van der Waals surface area contributed by atoms with Crippen molar-refractivity contribution in [3.63, 3.8) is 0 Å². The van der Waals surface area contributed by atoms with Gasteiger partial charge in [-0.3, -0.25) is 14.4 Å². The molecule has 0 aliphatic rings. The molecule has 132 valence electrons. The molecule has 0 aliphatic carbocycles. The van der Waals surface area contributed by atoms with E-state index in [1.807, 2.05) is 21.1 Å². The fourth-order valence-corrected chi connectivity index (χ4v) is 1.91. The average Bonchev–Trinajstić information content (AvgIpc) is 2.33. The van der Waals surface area contributed by atoms with Gasteiger partial charge in [0, 0.05) is 24.7 Å². The molecule has 0 amide bonds. The number of ketones is 2. The molecule has 0 aromatic carbocycles. The zero-order valence-electron chi connectivity index (χ0n) is 14.6. The number of Topliss-reactive ketones (excluding diaryl/α,β-unsaturated/α-hetero) is 2. The third kappa shape index (κ3) is 11.5. The van der Waals surface area contributed by atoms with Crippen LogP contribution in [0.25, 0.3) is 0 Å². The topological polar surface area (TPSA) is 101 Å². The molecule has 23 heavy (non-hydrogen) atoms. The molecule has 0 aromatic heterocycles. The fourth-order valence-electron chi connectivity index (χ4n) is 1.91. The van der Waals surface area contributed by atoms with Crippen LogP contribution in [0.5, 0.6) is 0 Å². The van der Waals surface area contributed by atoms with Crippen LogP contribution in [0.15, 0.2) is 0 Å². The Morgan fingerprint density at radius 2 is 1.61 bits per heavy atom. The standard InChI is InChI=1S/C16H27NO6/c1-11(2)14(19)8-12(18)6-7-16(22)23-13(9-15(20)21)10-17(3,4)5/h11,13H,6-10H2,1-5H3/t13-/m0/s1. The first-order chi connectivity index (χ1) is 10.4. The number of quaternary nitrogens is 1. The number of carboxylic acids is 1. The number of carbonyl (C=O) groups excluding carboxylic acids is 4. The fraction of sp³-hybridized carbons (Fsp3) is 0.750. The lowest BCUT2D eigenvalue weighted by Crippen LogP contribution is -2.45. The largest absolute Gasteiger partial charge is 0.550 e. The lowest BCUT2D eigenvalue weighted by Gasteiger charge is -2.29. The summed E-state index contributed by atoms with van der Waals surface area (Å²) in [5.41, 5.74) is 0. The number of hydrogen-bond donors (Lipinski definition) is 0. The molecule has 0 bridgehead atoms. The Kier molecular flexibility index (Phi) is 8.68. The molecule has 0 saturated carbocycles. The molecule has 0 aliphatic heterocycles. The van der Waals surface area contributed by atoms with Gasteiger partial charge in [0.15, 0.2) is 6.10 Å². The monoisotopic (exact) mass is 329 g/mol. The first-order valence-corrected chi connectivity index (χ1v) is 7.65. The van der Waals surface area contributed by atoms with Gasteiger partial charge in [0.05, 0.1) is 34.0 Å². The van der Waals surface area contributed by atoms with Gasteiger partial charge in [0.1, 0.15) is 18.1 Å². The molecule has 0 rings (SSSR count). The van der Waals surface area contributed by atoms with Gasteiger partial charge in [-0.15, -0.1) is 0 Å². The number of carboxylic acid groups (broad SMARTS) is 1. The van der Waals surface area contributed by atoms with Gasteiger partial charge >= 0.3 is 5.97 Å². The van der Waals surface area contributed by atoms with Crippen molar-refractivity contribution in [2.24, 2.45) is 5.92 Å². The highest BCUT2D eigenvalue weighted by atomic mass is 16.5. The Labute approximate surface area is 137 Å².